The van der Waals surface area contributed by atoms with E-state index in [4.69, 9.17) is 4.74 Å². The minimum Gasteiger partial charge on any atom is -0.496 e. The van der Waals surface area contributed by atoms with Crippen LogP contribution in [0, 0.1) is 0 Å². The summed E-state index contributed by atoms with van der Waals surface area (Å²) >= 11 is 0. The summed E-state index contributed by atoms with van der Waals surface area (Å²) in [5.74, 6) is 0.719. The van der Waals surface area contributed by atoms with Crippen LogP contribution in [0.15, 0.2) is 70.5 Å². The standard InChI is InChI=1S/C22H21N5O4/c1-26-12-11-23-20(26)19(16-9-5-6-10-17(16)31-2)24-18(28)13-27-22(30)15-8-4-3-7-14(15)21(29)25-27/h3-12,19H,13H2,1-2H3,(H,24,28)(H,25,29)/t19-/m0/s1. The molecule has 1 amide bonds. The van der Waals surface area contributed by atoms with Crippen molar-refractivity contribution < 1.29 is 9.53 Å². The molecule has 2 N–H and O–H groups in total. The zero-order valence-electron chi connectivity index (χ0n) is 17.0. The minimum absolute atomic E-state index is 0.254. The van der Waals surface area contributed by atoms with Crippen LogP contribution in [0.1, 0.15) is 17.4 Å². The SMILES string of the molecule is COc1ccccc1[C@H](NC(=O)Cn1[nH]c(=O)c2ccccc2c1=O)c1nccn1C. The largest absolute Gasteiger partial charge is 0.496 e. The van der Waals surface area contributed by atoms with Gasteiger partial charge in [0, 0.05) is 25.0 Å². The highest BCUT2D eigenvalue weighted by atomic mass is 16.5. The van der Waals surface area contributed by atoms with Gasteiger partial charge in [-0.25, -0.2) is 9.67 Å². The molecule has 0 aliphatic heterocycles. The van der Waals surface area contributed by atoms with Crippen LogP contribution in [0.2, 0.25) is 0 Å². The van der Waals surface area contributed by atoms with Crippen molar-refractivity contribution in [3.05, 3.63) is 93.0 Å². The number of aromatic amines is 1. The number of hydrogen-bond acceptors (Lipinski definition) is 5. The predicted molar refractivity (Wildman–Crippen MR) is 115 cm³/mol. The zero-order chi connectivity index (χ0) is 22.0. The summed E-state index contributed by atoms with van der Waals surface area (Å²) in [4.78, 5) is 42.3. The van der Waals surface area contributed by atoms with E-state index in [1.165, 1.54) is 0 Å². The van der Waals surface area contributed by atoms with Crippen LogP contribution in [0.25, 0.3) is 10.8 Å². The van der Waals surface area contributed by atoms with Gasteiger partial charge < -0.3 is 14.6 Å². The molecule has 0 aliphatic rings. The molecule has 0 unspecified atom stereocenters. The van der Waals surface area contributed by atoms with E-state index in [1.807, 2.05) is 25.2 Å². The topological polar surface area (TPSA) is 111 Å². The van der Waals surface area contributed by atoms with Crippen LogP contribution in [0.5, 0.6) is 5.75 Å². The number of carbonyl (C=O) groups is 1. The maximum atomic E-state index is 12.9. The van der Waals surface area contributed by atoms with Crippen molar-refractivity contribution in [2.45, 2.75) is 12.6 Å². The average Bonchev–Trinajstić information content (AvgIpc) is 3.21. The normalized spacial score (nSPS) is 11.9. The van der Waals surface area contributed by atoms with Gasteiger partial charge in [0.1, 0.15) is 24.2 Å². The van der Waals surface area contributed by atoms with Crippen molar-refractivity contribution >= 4 is 16.7 Å². The summed E-state index contributed by atoms with van der Waals surface area (Å²) in [6, 6.07) is 13.2. The molecule has 0 aliphatic carbocycles. The molecule has 2 aromatic heterocycles. The van der Waals surface area contributed by atoms with Gasteiger partial charge in [0.05, 0.1) is 17.9 Å². The number of aromatic nitrogens is 4. The molecule has 2 heterocycles. The number of benzene rings is 2. The van der Waals surface area contributed by atoms with Crippen molar-refractivity contribution in [3.8, 4) is 5.75 Å². The number of imidazole rings is 1. The van der Waals surface area contributed by atoms with Gasteiger partial charge in [-0.15, -0.1) is 0 Å². The van der Waals surface area contributed by atoms with Gasteiger partial charge in [-0.3, -0.25) is 19.5 Å². The first-order chi connectivity index (χ1) is 15.0. The number of aryl methyl sites for hydroxylation is 1. The lowest BCUT2D eigenvalue weighted by molar-refractivity contribution is -0.122. The van der Waals surface area contributed by atoms with Crippen molar-refractivity contribution in [1.29, 1.82) is 0 Å². The molecule has 4 rings (SSSR count). The van der Waals surface area contributed by atoms with Crippen LogP contribution in [-0.2, 0) is 18.4 Å². The number of para-hydroxylation sites is 1. The second kappa shape index (κ2) is 8.31. The number of H-pyrrole nitrogens is 1. The van der Waals surface area contributed by atoms with Crippen molar-refractivity contribution in [3.63, 3.8) is 0 Å². The Hall–Kier alpha value is -4.14. The predicted octanol–water partition coefficient (Wildman–Crippen LogP) is 1.34. The molecule has 0 radical (unpaired) electrons. The van der Waals surface area contributed by atoms with E-state index in [-0.39, 0.29) is 17.3 Å². The van der Waals surface area contributed by atoms with E-state index in [1.54, 1.807) is 54.4 Å². The maximum Gasteiger partial charge on any atom is 0.273 e. The number of fused-ring (bicyclic) bond motifs is 1. The van der Waals surface area contributed by atoms with Crippen molar-refractivity contribution in [1.82, 2.24) is 24.6 Å². The molecule has 0 spiro atoms. The van der Waals surface area contributed by atoms with Gasteiger partial charge in [-0.1, -0.05) is 30.3 Å². The molecular weight excluding hydrogens is 398 g/mol. The van der Waals surface area contributed by atoms with Gasteiger partial charge >= 0.3 is 0 Å². The molecule has 0 fully saturated rings. The molecule has 0 saturated carbocycles. The fourth-order valence-corrected chi connectivity index (χ4v) is 3.55. The molecule has 2 aromatic carbocycles. The Morgan fingerprint density at radius 3 is 2.55 bits per heavy atom. The molecule has 31 heavy (non-hydrogen) atoms. The number of methoxy groups -OCH3 is 1. The summed E-state index contributed by atoms with van der Waals surface area (Å²) < 4.78 is 8.26. The number of hydrogen-bond donors (Lipinski definition) is 2. The Kier molecular flexibility index (Phi) is 5.40. The van der Waals surface area contributed by atoms with Crippen LogP contribution in [0.4, 0.5) is 0 Å². The van der Waals surface area contributed by atoms with Gasteiger partial charge in [0.2, 0.25) is 5.91 Å². The van der Waals surface area contributed by atoms with Gasteiger partial charge in [0.15, 0.2) is 0 Å². The Morgan fingerprint density at radius 2 is 1.84 bits per heavy atom. The molecular formula is C22H21N5O4. The molecule has 9 heteroatoms. The fourth-order valence-electron chi connectivity index (χ4n) is 3.55. The molecule has 158 valence electrons. The van der Waals surface area contributed by atoms with E-state index in [2.05, 4.69) is 15.4 Å². The van der Waals surface area contributed by atoms with Crippen LogP contribution in [-0.4, -0.2) is 32.3 Å². The number of rotatable bonds is 6. The van der Waals surface area contributed by atoms with E-state index in [0.717, 1.165) is 4.68 Å². The first-order valence-corrected chi connectivity index (χ1v) is 9.61. The maximum absolute atomic E-state index is 12.9. The quantitative estimate of drug-likeness (QED) is 0.490. The molecule has 1 atom stereocenters. The average molecular weight is 419 g/mol. The number of carbonyl (C=O) groups excluding carboxylic acids is 1. The van der Waals surface area contributed by atoms with Gasteiger partial charge in [-0.2, -0.15) is 0 Å². The third kappa shape index (κ3) is 3.85. The van der Waals surface area contributed by atoms with Crippen LogP contribution in [0.3, 0.4) is 0 Å². The Balaban J connectivity index is 1.69. The minimum atomic E-state index is -0.619. The zero-order valence-corrected chi connectivity index (χ0v) is 17.0. The lowest BCUT2D eigenvalue weighted by Gasteiger charge is -2.21. The number of nitrogens with zero attached hydrogens (tertiary/aromatic N) is 3. The van der Waals surface area contributed by atoms with E-state index in [9.17, 15) is 14.4 Å². The third-order valence-electron chi connectivity index (χ3n) is 5.06. The Labute approximate surface area is 176 Å². The molecule has 4 aromatic rings. The van der Waals surface area contributed by atoms with Gasteiger partial charge in [-0.05, 0) is 18.2 Å². The first-order valence-electron chi connectivity index (χ1n) is 9.61. The Morgan fingerprint density at radius 1 is 1.13 bits per heavy atom. The van der Waals surface area contributed by atoms with Crippen molar-refractivity contribution in [2.75, 3.05) is 7.11 Å². The number of ether oxygens (including phenoxy) is 1. The van der Waals surface area contributed by atoms with E-state index >= 15 is 0 Å². The second-order valence-corrected chi connectivity index (χ2v) is 7.02. The number of nitrogens with one attached hydrogen (secondary N) is 2. The third-order valence-corrected chi connectivity index (χ3v) is 5.06. The highest BCUT2D eigenvalue weighted by Crippen LogP contribution is 2.28. The molecule has 0 saturated heterocycles. The Bertz CT molecular complexity index is 1370. The lowest BCUT2D eigenvalue weighted by Crippen LogP contribution is -2.39. The summed E-state index contributed by atoms with van der Waals surface area (Å²) in [6.45, 7) is -0.352. The monoisotopic (exact) mass is 419 g/mol. The second-order valence-electron chi connectivity index (χ2n) is 7.02. The summed E-state index contributed by atoms with van der Waals surface area (Å²) in [5, 5.41) is 5.92. The highest BCUT2D eigenvalue weighted by molar-refractivity contribution is 5.81. The lowest BCUT2D eigenvalue weighted by atomic mass is 10.0. The smallest absolute Gasteiger partial charge is 0.273 e. The first kappa shape index (κ1) is 20.1. The van der Waals surface area contributed by atoms with Crippen molar-refractivity contribution in [2.24, 2.45) is 7.05 Å². The van der Waals surface area contributed by atoms with E-state index in [0.29, 0.717) is 17.1 Å². The highest BCUT2D eigenvalue weighted by Gasteiger charge is 2.24. The fraction of sp³-hybridized carbons (Fsp3) is 0.182. The van der Waals surface area contributed by atoms with Crippen LogP contribution >= 0.6 is 0 Å². The van der Waals surface area contributed by atoms with E-state index < -0.39 is 23.1 Å². The summed E-state index contributed by atoms with van der Waals surface area (Å²) in [7, 11) is 3.37. The van der Waals surface area contributed by atoms with Gasteiger partial charge in [0.25, 0.3) is 11.1 Å². The van der Waals surface area contributed by atoms with Crippen LogP contribution < -0.4 is 21.2 Å². The molecule has 9 nitrogen and oxygen atoms in total. The summed E-state index contributed by atoms with van der Waals surface area (Å²) in [5.41, 5.74) is -0.170. The molecule has 0 bridgehead atoms. The number of amides is 1. The summed E-state index contributed by atoms with van der Waals surface area (Å²) in [6.07, 6.45) is 3.41.